The molecule has 0 aliphatic rings. The number of nitrogens with zero attached hydrogens (tertiary/aromatic N) is 2. The van der Waals surface area contributed by atoms with Crippen LogP contribution in [0.1, 0.15) is 6.42 Å². The number of nitrogens with one attached hydrogen (secondary N) is 2. The van der Waals surface area contributed by atoms with E-state index < -0.39 is 12.6 Å². The van der Waals surface area contributed by atoms with Gasteiger partial charge in [-0.1, -0.05) is 0 Å². The predicted octanol–water partition coefficient (Wildman–Crippen LogP) is 1.13. The average Bonchev–Trinajstić information content (AvgIpc) is 2.16. The average molecular weight is 221 g/mol. The van der Waals surface area contributed by atoms with Crippen molar-refractivity contribution in [1.29, 1.82) is 0 Å². The first-order chi connectivity index (χ1) is 7.01. The van der Waals surface area contributed by atoms with Gasteiger partial charge in [0.05, 0.1) is 6.42 Å². The van der Waals surface area contributed by atoms with E-state index >= 15 is 0 Å². The highest BCUT2D eigenvalue weighted by Crippen LogP contribution is 2.19. The number of nitrogens with two attached hydrogens (primary N) is 1. The second kappa shape index (κ2) is 4.78. The third-order valence-electron chi connectivity index (χ3n) is 1.50. The Hall–Kier alpha value is -1.57. The van der Waals surface area contributed by atoms with Crippen LogP contribution in [0.2, 0.25) is 0 Å². The fourth-order valence-electron chi connectivity index (χ4n) is 0.859. The van der Waals surface area contributed by atoms with Crippen LogP contribution in [0.25, 0.3) is 0 Å². The molecule has 0 unspecified atom stereocenters. The lowest BCUT2D eigenvalue weighted by atomic mass is 10.4. The van der Waals surface area contributed by atoms with E-state index in [-0.39, 0.29) is 12.5 Å². The van der Waals surface area contributed by atoms with Crippen molar-refractivity contribution in [3.05, 3.63) is 12.3 Å². The van der Waals surface area contributed by atoms with Gasteiger partial charge in [0.1, 0.15) is 5.82 Å². The molecule has 0 atom stereocenters. The number of alkyl halides is 3. The Kier molecular flexibility index (Phi) is 3.67. The zero-order valence-corrected chi connectivity index (χ0v) is 7.67. The standard InChI is InChI=1S/C7H10F3N5/c8-7(9,10)2-4-12-5-1-3-13-6(14-5)15-11/h1,3H,2,4,11H2,(H2,12,13,14,15). The topological polar surface area (TPSA) is 75.9 Å². The van der Waals surface area contributed by atoms with E-state index in [1.165, 1.54) is 12.3 Å². The van der Waals surface area contributed by atoms with Crippen LogP contribution in [-0.2, 0) is 0 Å². The van der Waals surface area contributed by atoms with Gasteiger partial charge in [-0.05, 0) is 6.07 Å². The van der Waals surface area contributed by atoms with E-state index in [2.05, 4.69) is 20.7 Å². The van der Waals surface area contributed by atoms with Crippen LogP contribution >= 0.6 is 0 Å². The molecule has 0 saturated heterocycles. The first-order valence-corrected chi connectivity index (χ1v) is 4.11. The molecule has 15 heavy (non-hydrogen) atoms. The number of halogens is 3. The Morgan fingerprint density at radius 2 is 2.13 bits per heavy atom. The van der Waals surface area contributed by atoms with Crippen LogP contribution in [0, 0.1) is 0 Å². The molecule has 1 aromatic heterocycles. The predicted molar refractivity (Wildman–Crippen MR) is 49.0 cm³/mol. The molecule has 0 aromatic carbocycles. The Morgan fingerprint density at radius 1 is 1.40 bits per heavy atom. The van der Waals surface area contributed by atoms with Gasteiger partial charge >= 0.3 is 6.18 Å². The van der Waals surface area contributed by atoms with Crippen molar-refractivity contribution in [3.8, 4) is 0 Å². The Bertz CT molecular complexity index is 314. The molecule has 0 aliphatic heterocycles. The van der Waals surface area contributed by atoms with Crippen molar-refractivity contribution in [2.24, 2.45) is 5.84 Å². The number of rotatable bonds is 4. The zero-order valence-electron chi connectivity index (χ0n) is 7.67. The molecule has 1 aromatic rings. The normalized spacial score (nSPS) is 11.2. The maximum atomic E-state index is 11.8. The largest absolute Gasteiger partial charge is 0.390 e. The van der Waals surface area contributed by atoms with E-state index in [0.29, 0.717) is 5.82 Å². The monoisotopic (exact) mass is 221 g/mol. The van der Waals surface area contributed by atoms with Crippen LogP contribution in [0.4, 0.5) is 24.9 Å². The van der Waals surface area contributed by atoms with Crippen LogP contribution in [-0.4, -0.2) is 22.7 Å². The molecular formula is C7H10F3N5. The number of anilines is 2. The molecule has 5 nitrogen and oxygen atoms in total. The molecule has 0 saturated carbocycles. The van der Waals surface area contributed by atoms with Gasteiger partial charge in [-0.2, -0.15) is 18.2 Å². The molecule has 0 amide bonds. The summed E-state index contributed by atoms with van der Waals surface area (Å²) in [5, 5.41) is 2.51. The molecule has 1 heterocycles. The van der Waals surface area contributed by atoms with E-state index in [1.807, 2.05) is 0 Å². The van der Waals surface area contributed by atoms with Gasteiger partial charge in [-0.25, -0.2) is 10.8 Å². The van der Waals surface area contributed by atoms with Crippen molar-refractivity contribution < 1.29 is 13.2 Å². The molecule has 84 valence electrons. The van der Waals surface area contributed by atoms with Gasteiger partial charge in [-0.15, -0.1) is 0 Å². The smallest absolute Gasteiger partial charge is 0.370 e. The molecule has 0 bridgehead atoms. The highest BCUT2D eigenvalue weighted by molar-refractivity contribution is 5.38. The SMILES string of the molecule is NNc1nccc(NCCC(F)(F)F)n1. The third-order valence-corrected chi connectivity index (χ3v) is 1.50. The number of aromatic nitrogens is 2. The first kappa shape index (κ1) is 11.5. The summed E-state index contributed by atoms with van der Waals surface area (Å²) in [5.41, 5.74) is 2.19. The maximum absolute atomic E-state index is 11.8. The van der Waals surface area contributed by atoms with Gasteiger partial charge in [-0.3, -0.25) is 5.43 Å². The van der Waals surface area contributed by atoms with E-state index in [9.17, 15) is 13.2 Å². The van der Waals surface area contributed by atoms with E-state index in [1.54, 1.807) is 0 Å². The van der Waals surface area contributed by atoms with Crippen molar-refractivity contribution in [2.75, 3.05) is 17.3 Å². The van der Waals surface area contributed by atoms with Crippen LogP contribution in [0.5, 0.6) is 0 Å². The molecule has 0 aliphatic carbocycles. The van der Waals surface area contributed by atoms with Crippen molar-refractivity contribution in [2.45, 2.75) is 12.6 Å². The number of nitrogen functional groups attached to an aromatic ring is 1. The molecule has 4 N–H and O–H groups in total. The molecule has 8 heteroatoms. The van der Waals surface area contributed by atoms with Gasteiger partial charge in [0.2, 0.25) is 5.95 Å². The van der Waals surface area contributed by atoms with Crippen molar-refractivity contribution in [1.82, 2.24) is 9.97 Å². The number of hydrazine groups is 1. The van der Waals surface area contributed by atoms with Crippen LogP contribution in [0.15, 0.2) is 12.3 Å². The van der Waals surface area contributed by atoms with Gasteiger partial charge in [0.25, 0.3) is 0 Å². The number of hydrogen-bond donors (Lipinski definition) is 3. The first-order valence-electron chi connectivity index (χ1n) is 4.11. The summed E-state index contributed by atoms with van der Waals surface area (Å²) in [5.74, 6) is 5.47. The summed E-state index contributed by atoms with van der Waals surface area (Å²) >= 11 is 0. The quantitative estimate of drug-likeness (QED) is 0.524. The van der Waals surface area contributed by atoms with Crippen molar-refractivity contribution >= 4 is 11.8 Å². The Morgan fingerprint density at radius 3 is 2.73 bits per heavy atom. The summed E-state index contributed by atoms with van der Waals surface area (Å²) in [6, 6.07) is 1.46. The minimum absolute atomic E-state index is 0.145. The third kappa shape index (κ3) is 4.45. The lowest BCUT2D eigenvalue weighted by Crippen LogP contribution is -2.16. The lowest BCUT2D eigenvalue weighted by molar-refractivity contribution is -0.131. The maximum Gasteiger partial charge on any atom is 0.390 e. The van der Waals surface area contributed by atoms with Gasteiger partial charge in [0, 0.05) is 12.7 Å². The van der Waals surface area contributed by atoms with E-state index in [4.69, 9.17) is 5.84 Å². The number of hydrogen-bond acceptors (Lipinski definition) is 5. The Labute approximate surface area is 83.9 Å². The van der Waals surface area contributed by atoms with Gasteiger partial charge < -0.3 is 5.32 Å². The van der Waals surface area contributed by atoms with Crippen molar-refractivity contribution in [3.63, 3.8) is 0 Å². The van der Waals surface area contributed by atoms with Crippen LogP contribution in [0.3, 0.4) is 0 Å². The highest BCUT2D eigenvalue weighted by Gasteiger charge is 2.26. The second-order valence-electron chi connectivity index (χ2n) is 2.70. The summed E-state index contributed by atoms with van der Waals surface area (Å²) in [6.45, 7) is -0.232. The minimum Gasteiger partial charge on any atom is -0.370 e. The lowest BCUT2D eigenvalue weighted by Gasteiger charge is -2.08. The highest BCUT2D eigenvalue weighted by atomic mass is 19.4. The summed E-state index contributed by atoms with van der Waals surface area (Å²) in [4.78, 5) is 7.49. The summed E-state index contributed by atoms with van der Waals surface area (Å²) in [6.07, 6.45) is -3.70. The summed E-state index contributed by atoms with van der Waals surface area (Å²) in [7, 11) is 0. The molecule has 0 fully saturated rings. The summed E-state index contributed by atoms with van der Waals surface area (Å²) < 4.78 is 35.4. The Balaban J connectivity index is 2.44. The van der Waals surface area contributed by atoms with E-state index in [0.717, 1.165) is 0 Å². The molecule has 0 radical (unpaired) electrons. The zero-order chi connectivity index (χ0) is 11.3. The minimum atomic E-state index is -4.17. The fourth-order valence-corrected chi connectivity index (χ4v) is 0.859. The molecular weight excluding hydrogens is 211 g/mol. The molecule has 0 spiro atoms. The van der Waals surface area contributed by atoms with Gasteiger partial charge in [0.15, 0.2) is 0 Å². The van der Waals surface area contributed by atoms with Crippen LogP contribution < -0.4 is 16.6 Å². The fraction of sp³-hybridized carbons (Fsp3) is 0.429. The molecule has 1 rings (SSSR count). The second-order valence-corrected chi connectivity index (χ2v) is 2.70.